The summed E-state index contributed by atoms with van der Waals surface area (Å²) in [4.78, 5) is 31.1. The number of benzene rings is 2. The fourth-order valence-electron chi connectivity index (χ4n) is 4.01. The van der Waals surface area contributed by atoms with Gasteiger partial charge in [-0.1, -0.05) is 41.9 Å². The topological polar surface area (TPSA) is 79.7 Å². The number of methoxy groups -OCH3 is 1. The average molecular weight is 437 g/mol. The van der Waals surface area contributed by atoms with Crippen LogP contribution in [0.1, 0.15) is 34.8 Å². The first kappa shape index (κ1) is 20.9. The van der Waals surface area contributed by atoms with E-state index in [1.807, 2.05) is 42.5 Å². The van der Waals surface area contributed by atoms with Crippen LogP contribution in [0, 0.1) is 0 Å². The van der Waals surface area contributed by atoms with Crippen molar-refractivity contribution in [3.63, 3.8) is 0 Å². The van der Waals surface area contributed by atoms with Crippen LogP contribution in [0.5, 0.6) is 5.75 Å². The summed E-state index contributed by atoms with van der Waals surface area (Å²) in [6.07, 6.45) is 2.38. The van der Waals surface area contributed by atoms with Crippen LogP contribution in [0.15, 0.2) is 66.9 Å². The standard InChI is InChI=1S/C24H21ClN2O4/c1-31-17-6-4-5-15(13-17)20-10-9-16(14-26-20)23(28)27-21(11-12-22(27)24(29)30)18-7-2-3-8-19(18)25/h2-10,13-14,21-22H,11-12H2,1H3,(H,29,30)/t21-,22+/m1/s1. The maximum absolute atomic E-state index is 13.4. The molecule has 4 rings (SSSR count). The van der Waals surface area contributed by atoms with E-state index in [0.29, 0.717) is 34.9 Å². The number of carboxylic acid groups (broad SMARTS) is 1. The van der Waals surface area contributed by atoms with Crippen LogP contribution in [-0.4, -0.2) is 40.0 Å². The summed E-state index contributed by atoms with van der Waals surface area (Å²) < 4.78 is 5.25. The lowest BCUT2D eigenvalue weighted by molar-refractivity contribution is -0.141. The van der Waals surface area contributed by atoms with Crippen molar-refractivity contribution < 1.29 is 19.4 Å². The zero-order valence-corrected chi connectivity index (χ0v) is 17.6. The van der Waals surface area contributed by atoms with Crippen LogP contribution < -0.4 is 4.74 Å². The highest BCUT2D eigenvalue weighted by Gasteiger charge is 2.42. The number of nitrogens with zero attached hydrogens (tertiary/aromatic N) is 2. The molecule has 1 saturated heterocycles. The number of hydrogen-bond acceptors (Lipinski definition) is 4. The Morgan fingerprint density at radius 1 is 1.10 bits per heavy atom. The Hall–Kier alpha value is -3.38. The minimum absolute atomic E-state index is 0.330. The van der Waals surface area contributed by atoms with Gasteiger partial charge in [0.25, 0.3) is 5.91 Å². The van der Waals surface area contributed by atoms with Crippen molar-refractivity contribution >= 4 is 23.5 Å². The summed E-state index contributed by atoms with van der Waals surface area (Å²) in [6, 6.07) is 16.8. The minimum Gasteiger partial charge on any atom is -0.497 e. The molecule has 1 aromatic heterocycles. The van der Waals surface area contributed by atoms with Crippen LogP contribution in [0.25, 0.3) is 11.3 Å². The third kappa shape index (κ3) is 4.11. The van der Waals surface area contributed by atoms with Gasteiger partial charge in [0.05, 0.1) is 24.4 Å². The first-order valence-corrected chi connectivity index (χ1v) is 10.3. The predicted molar refractivity (Wildman–Crippen MR) is 117 cm³/mol. The van der Waals surface area contributed by atoms with Gasteiger partial charge >= 0.3 is 5.97 Å². The number of carboxylic acids is 1. The monoisotopic (exact) mass is 436 g/mol. The number of pyridine rings is 1. The van der Waals surface area contributed by atoms with Crippen LogP contribution in [0.2, 0.25) is 5.02 Å². The molecule has 2 atom stereocenters. The van der Waals surface area contributed by atoms with E-state index in [-0.39, 0.29) is 5.91 Å². The smallest absolute Gasteiger partial charge is 0.326 e. The maximum Gasteiger partial charge on any atom is 0.326 e. The minimum atomic E-state index is -1.02. The molecule has 6 nitrogen and oxygen atoms in total. The molecule has 1 amide bonds. The second kappa shape index (κ2) is 8.78. The van der Waals surface area contributed by atoms with Crippen molar-refractivity contribution in [2.45, 2.75) is 24.9 Å². The number of rotatable bonds is 5. The summed E-state index contributed by atoms with van der Waals surface area (Å²) in [5.74, 6) is -0.688. The highest BCUT2D eigenvalue weighted by molar-refractivity contribution is 6.31. The molecule has 0 saturated carbocycles. The summed E-state index contributed by atoms with van der Waals surface area (Å²) in [6.45, 7) is 0. The van der Waals surface area contributed by atoms with Gasteiger partial charge in [0, 0.05) is 16.8 Å². The van der Waals surface area contributed by atoms with Crippen molar-refractivity contribution in [1.29, 1.82) is 0 Å². The summed E-state index contributed by atoms with van der Waals surface area (Å²) in [5, 5.41) is 10.2. The molecule has 3 aromatic rings. The lowest BCUT2D eigenvalue weighted by atomic mass is 10.0. The molecule has 0 aliphatic carbocycles. The van der Waals surface area contributed by atoms with Gasteiger partial charge in [-0.15, -0.1) is 0 Å². The molecule has 0 spiro atoms. The SMILES string of the molecule is COc1cccc(-c2ccc(C(=O)N3[C@@H](c4ccccc4Cl)CC[C@H]3C(=O)O)cn2)c1. The zero-order chi connectivity index (χ0) is 22.0. The molecular formula is C24H21ClN2O4. The van der Waals surface area contributed by atoms with Gasteiger partial charge in [0.1, 0.15) is 11.8 Å². The Bertz CT molecular complexity index is 1120. The highest BCUT2D eigenvalue weighted by Crippen LogP contribution is 2.40. The number of carbonyl (C=O) groups excluding carboxylic acids is 1. The second-order valence-corrected chi connectivity index (χ2v) is 7.75. The van der Waals surface area contributed by atoms with Crippen molar-refractivity contribution in [3.05, 3.63) is 83.0 Å². The molecule has 0 unspecified atom stereocenters. The van der Waals surface area contributed by atoms with E-state index in [0.717, 1.165) is 11.1 Å². The second-order valence-electron chi connectivity index (χ2n) is 7.35. The number of hydrogen-bond donors (Lipinski definition) is 1. The van der Waals surface area contributed by atoms with Gasteiger partial charge in [-0.3, -0.25) is 9.78 Å². The van der Waals surface area contributed by atoms with E-state index in [4.69, 9.17) is 16.3 Å². The van der Waals surface area contributed by atoms with E-state index < -0.39 is 18.1 Å². The van der Waals surface area contributed by atoms with Crippen molar-refractivity contribution in [1.82, 2.24) is 9.88 Å². The molecule has 31 heavy (non-hydrogen) atoms. The predicted octanol–water partition coefficient (Wildman–Crippen LogP) is 4.84. The molecule has 1 N–H and O–H groups in total. The maximum atomic E-state index is 13.4. The van der Waals surface area contributed by atoms with E-state index >= 15 is 0 Å². The average Bonchev–Trinajstić information content (AvgIpc) is 3.24. The van der Waals surface area contributed by atoms with Gasteiger partial charge in [-0.25, -0.2) is 4.79 Å². The van der Waals surface area contributed by atoms with Crippen LogP contribution in [0.3, 0.4) is 0 Å². The molecule has 7 heteroatoms. The van der Waals surface area contributed by atoms with Gasteiger partial charge in [-0.2, -0.15) is 0 Å². The van der Waals surface area contributed by atoms with Crippen molar-refractivity contribution in [2.75, 3.05) is 7.11 Å². The molecular weight excluding hydrogens is 416 g/mol. The van der Waals surface area contributed by atoms with Crippen LogP contribution >= 0.6 is 11.6 Å². The first-order chi connectivity index (χ1) is 15.0. The largest absolute Gasteiger partial charge is 0.497 e. The van der Waals surface area contributed by atoms with Crippen molar-refractivity contribution in [3.8, 4) is 17.0 Å². The van der Waals surface area contributed by atoms with Gasteiger partial charge in [0.2, 0.25) is 0 Å². The van der Waals surface area contributed by atoms with E-state index in [1.165, 1.54) is 11.1 Å². The zero-order valence-electron chi connectivity index (χ0n) is 16.9. The third-order valence-electron chi connectivity index (χ3n) is 5.54. The quantitative estimate of drug-likeness (QED) is 0.619. The van der Waals surface area contributed by atoms with E-state index in [9.17, 15) is 14.7 Å². The number of aliphatic carboxylic acids is 1. The summed E-state index contributed by atoms with van der Waals surface area (Å²) in [5.41, 5.74) is 2.63. The number of carbonyl (C=O) groups is 2. The molecule has 0 radical (unpaired) electrons. The molecule has 2 heterocycles. The molecule has 1 fully saturated rings. The lowest BCUT2D eigenvalue weighted by Gasteiger charge is -2.29. The number of ether oxygens (including phenoxy) is 1. The third-order valence-corrected chi connectivity index (χ3v) is 5.89. The Labute approximate surface area is 185 Å². The Morgan fingerprint density at radius 3 is 2.58 bits per heavy atom. The molecule has 1 aliphatic rings. The van der Waals surface area contributed by atoms with Crippen LogP contribution in [-0.2, 0) is 4.79 Å². The molecule has 2 aromatic carbocycles. The normalized spacial score (nSPS) is 18.1. The Kier molecular flexibility index (Phi) is 5.91. The Balaban J connectivity index is 1.65. The number of likely N-dealkylation sites (tertiary alicyclic amines) is 1. The fourth-order valence-corrected chi connectivity index (χ4v) is 4.27. The fraction of sp³-hybridized carbons (Fsp3) is 0.208. The molecule has 1 aliphatic heterocycles. The van der Waals surface area contributed by atoms with Crippen LogP contribution in [0.4, 0.5) is 0 Å². The number of aromatic nitrogens is 1. The first-order valence-electron chi connectivity index (χ1n) is 9.90. The van der Waals surface area contributed by atoms with Gasteiger partial charge in [-0.05, 0) is 48.7 Å². The van der Waals surface area contributed by atoms with Gasteiger partial charge < -0.3 is 14.7 Å². The highest BCUT2D eigenvalue weighted by atomic mass is 35.5. The van der Waals surface area contributed by atoms with Gasteiger partial charge in [0.15, 0.2) is 0 Å². The molecule has 158 valence electrons. The number of halogens is 1. The summed E-state index contributed by atoms with van der Waals surface area (Å²) >= 11 is 6.35. The number of amides is 1. The molecule has 0 bridgehead atoms. The van der Waals surface area contributed by atoms with Crippen molar-refractivity contribution in [2.24, 2.45) is 0 Å². The van der Waals surface area contributed by atoms with E-state index in [2.05, 4.69) is 4.98 Å². The van der Waals surface area contributed by atoms with E-state index in [1.54, 1.807) is 25.3 Å². The summed E-state index contributed by atoms with van der Waals surface area (Å²) in [7, 11) is 1.60. The Morgan fingerprint density at radius 2 is 1.90 bits per heavy atom. The lowest BCUT2D eigenvalue weighted by Crippen LogP contribution is -2.42.